The molecule has 1 amide bonds. The first-order valence-corrected chi connectivity index (χ1v) is 8.87. The van der Waals surface area contributed by atoms with Crippen LogP contribution in [0.3, 0.4) is 0 Å². The second-order valence-electron chi connectivity index (χ2n) is 5.90. The van der Waals surface area contributed by atoms with Gasteiger partial charge in [0, 0.05) is 0 Å². The van der Waals surface area contributed by atoms with Crippen molar-refractivity contribution in [3.8, 4) is 6.07 Å². The Labute approximate surface area is 144 Å². The number of hydrogen-bond donors (Lipinski definition) is 2. The molecule has 1 aliphatic rings. The van der Waals surface area contributed by atoms with E-state index >= 15 is 0 Å². The number of aromatic amines is 1. The summed E-state index contributed by atoms with van der Waals surface area (Å²) in [5.74, 6) is -0.194. The highest BCUT2D eigenvalue weighted by molar-refractivity contribution is 7.98. The highest BCUT2D eigenvalue weighted by Crippen LogP contribution is 2.35. The van der Waals surface area contributed by atoms with Crippen molar-refractivity contribution in [1.82, 2.24) is 10.3 Å². The molecule has 1 aromatic carbocycles. The highest BCUT2D eigenvalue weighted by Gasteiger charge is 2.31. The van der Waals surface area contributed by atoms with E-state index in [0.29, 0.717) is 10.6 Å². The highest BCUT2D eigenvalue weighted by atomic mass is 32.2. The van der Waals surface area contributed by atoms with Crippen LogP contribution in [0.15, 0.2) is 40.2 Å². The van der Waals surface area contributed by atoms with Gasteiger partial charge in [-0.3, -0.25) is 9.59 Å². The molecule has 5 nitrogen and oxygen atoms in total. The number of benzene rings is 1. The number of carbonyl (C=O) groups is 1. The molecule has 2 N–H and O–H groups in total. The van der Waals surface area contributed by atoms with Gasteiger partial charge in [0.05, 0.1) is 16.6 Å². The number of H-pyrrole nitrogens is 1. The molecule has 122 valence electrons. The van der Waals surface area contributed by atoms with Gasteiger partial charge in [-0.1, -0.05) is 31.2 Å². The lowest BCUT2D eigenvalue weighted by atomic mass is 10.0. The smallest absolute Gasteiger partial charge is 0.261 e. The van der Waals surface area contributed by atoms with Crippen LogP contribution in [0, 0.1) is 17.2 Å². The predicted octanol–water partition coefficient (Wildman–Crippen LogP) is 2.63. The van der Waals surface area contributed by atoms with E-state index in [1.165, 1.54) is 23.4 Å². The molecule has 3 rings (SSSR count). The minimum atomic E-state index is -0.477. The van der Waals surface area contributed by atoms with Crippen LogP contribution in [0.2, 0.25) is 0 Å². The minimum Gasteiger partial charge on any atom is -0.345 e. The molecule has 1 heterocycles. The minimum absolute atomic E-state index is 0.0269. The van der Waals surface area contributed by atoms with Crippen LogP contribution in [0.5, 0.6) is 0 Å². The maximum atomic E-state index is 12.6. The number of rotatable bonds is 3. The summed E-state index contributed by atoms with van der Waals surface area (Å²) in [4.78, 5) is 27.4. The van der Waals surface area contributed by atoms with E-state index in [4.69, 9.17) is 0 Å². The summed E-state index contributed by atoms with van der Waals surface area (Å²) >= 11 is 1.27. The summed E-state index contributed by atoms with van der Waals surface area (Å²) in [5.41, 5.74) is 2.11. The first-order valence-electron chi connectivity index (χ1n) is 7.65. The molecule has 1 aromatic heterocycles. The summed E-state index contributed by atoms with van der Waals surface area (Å²) in [6.45, 7) is 2.08. The van der Waals surface area contributed by atoms with Crippen molar-refractivity contribution in [2.75, 3.05) is 6.26 Å². The van der Waals surface area contributed by atoms with Crippen molar-refractivity contribution in [3.05, 3.63) is 62.9 Å². The van der Waals surface area contributed by atoms with E-state index in [9.17, 15) is 14.9 Å². The Kier molecular flexibility index (Phi) is 4.45. The molecule has 0 aliphatic heterocycles. The topological polar surface area (TPSA) is 85.8 Å². The van der Waals surface area contributed by atoms with Crippen molar-refractivity contribution in [2.45, 2.75) is 24.4 Å². The third-order valence-corrected chi connectivity index (χ3v) is 5.09. The fraction of sp³-hybridized carbons (Fsp3) is 0.278. The van der Waals surface area contributed by atoms with Gasteiger partial charge in [-0.15, -0.1) is 11.8 Å². The molecular formula is C18H17N3O2S. The molecule has 0 saturated heterocycles. The average molecular weight is 339 g/mol. The number of nitrogens with zero attached hydrogens (tertiary/aromatic N) is 1. The fourth-order valence-corrected chi connectivity index (χ4v) is 3.68. The number of pyridine rings is 1. The first-order chi connectivity index (χ1) is 11.5. The second-order valence-corrected chi connectivity index (χ2v) is 6.72. The Hall–Kier alpha value is -2.52. The van der Waals surface area contributed by atoms with Crippen LogP contribution in [-0.4, -0.2) is 17.1 Å². The van der Waals surface area contributed by atoms with E-state index in [-0.39, 0.29) is 17.5 Å². The molecule has 2 atom stereocenters. The molecule has 1 aliphatic carbocycles. The number of nitriles is 1. The van der Waals surface area contributed by atoms with E-state index in [0.717, 1.165) is 12.0 Å². The van der Waals surface area contributed by atoms with Crippen molar-refractivity contribution >= 4 is 17.7 Å². The van der Waals surface area contributed by atoms with E-state index in [1.807, 2.05) is 24.3 Å². The van der Waals surface area contributed by atoms with Gasteiger partial charge in [-0.2, -0.15) is 5.26 Å². The zero-order valence-corrected chi connectivity index (χ0v) is 14.2. The maximum absolute atomic E-state index is 12.6. The number of carbonyl (C=O) groups excluding carboxylic acids is 1. The van der Waals surface area contributed by atoms with Gasteiger partial charge in [-0.25, -0.2) is 0 Å². The lowest BCUT2D eigenvalue weighted by molar-refractivity contribution is 0.0925. The zero-order valence-electron chi connectivity index (χ0n) is 13.4. The van der Waals surface area contributed by atoms with E-state index < -0.39 is 11.5 Å². The molecule has 2 aromatic rings. The van der Waals surface area contributed by atoms with Crippen molar-refractivity contribution < 1.29 is 4.79 Å². The summed E-state index contributed by atoms with van der Waals surface area (Å²) in [5, 5.41) is 12.6. The second kappa shape index (κ2) is 6.54. The largest absolute Gasteiger partial charge is 0.345 e. The molecule has 0 unspecified atom stereocenters. The quantitative estimate of drug-likeness (QED) is 0.842. The van der Waals surface area contributed by atoms with E-state index in [1.54, 1.807) is 6.26 Å². The van der Waals surface area contributed by atoms with Gasteiger partial charge < -0.3 is 10.3 Å². The standard InChI is InChI=1S/C18H17N3O2S/c1-10-7-11-5-3-4-6-13(11)15(10)20-16(22)14-8-12(9-19)18(24-2)21-17(14)23/h3-6,8,10,15H,7H2,1-2H3,(H,20,22)(H,21,23)/t10-,15-/m0/s1. The van der Waals surface area contributed by atoms with E-state index in [2.05, 4.69) is 23.3 Å². The SMILES string of the molecule is CSc1[nH]c(=O)c(C(=O)N[C@@H]2c3ccccc3C[C@@H]2C)cc1C#N. The molecule has 24 heavy (non-hydrogen) atoms. The third-order valence-electron chi connectivity index (χ3n) is 4.36. The number of hydrogen-bond acceptors (Lipinski definition) is 4. The molecule has 0 bridgehead atoms. The van der Waals surface area contributed by atoms with Gasteiger partial charge >= 0.3 is 0 Å². The number of thioether (sulfide) groups is 1. The fourth-order valence-electron chi connectivity index (χ4n) is 3.16. The third kappa shape index (κ3) is 2.83. The average Bonchev–Trinajstić information content (AvgIpc) is 2.90. The van der Waals surface area contributed by atoms with Gasteiger partial charge in [-0.05, 0) is 35.8 Å². The first kappa shape index (κ1) is 16.3. The van der Waals surface area contributed by atoms with Crippen LogP contribution in [0.25, 0.3) is 0 Å². The number of amides is 1. The van der Waals surface area contributed by atoms with Gasteiger partial charge in [0.15, 0.2) is 0 Å². The van der Waals surface area contributed by atoms with Gasteiger partial charge in [0.1, 0.15) is 11.6 Å². The molecular weight excluding hydrogens is 322 g/mol. The molecule has 6 heteroatoms. The predicted molar refractivity (Wildman–Crippen MR) is 93.1 cm³/mol. The molecule has 0 spiro atoms. The number of nitrogens with one attached hydrogen (secondary N) is 2. The summed E-state index contributed by atoms with van der Waals surface area (Å²) < 4.78 is 0. The van der Waals surface area contributed by atoms with Gasteiger partial charge in [0.2, 0.25) is 0 Å². The van der Waals surface area contributed by atoms with Crippen molar-refractivity contribution in [2.24, 2.45) is 5.92 Å². The molecule has 0 saturated carbocycles. The zero-order chi connectivity index (χ0) is 17.3. The Morgan fingerprint density at radius 3 is 2.88 bits per heavy atom. The molecule has 0 fully saturated rings. The number of aromatic nitrogens is 1. The van der Waals surface area contributed by atoms with Crippen molar-refractivity contribution in [3.63, 3.8) is 0 Å². The Morgan fingerprint density at radius 2 is 2.17 bits per heavy atom. The Morgan fingerprint density at radius 1 is 1.42 bits per heavy atom. The molecule has 0 radical (unpaired) electrons. The van der Waals surface area contributed by atoms with Crippen LogP contribution in [-0.2, 0) is 6.42 Å². The summed E-state index contributed by atoms with van der Waals surface area (Å²) in [6, 6.07) is 11.3. The Balaban J connectivity index is 1.92. The van der Waals surface area contributed by atoms with Crippen molar-refractivity contribution in [1.29, 1.82) is 5.26 Å². The van der Waals surface area contributed by atoms with Crippen LogP contribution in [0.4, 0.5) is 0 Å². The van der Waals surface area contributed by atoms with Crippen LogP contribution >= 0.6 is 11.8 Å². The monoisotopic (exact) mass is 339 g/mol. The summed E-state index contributed by atoms with van der Waals surface area (Å²) in [6.07, 6.45) is 2.66. The Bertz CT molecular complexity index is 898. The number of fused-ring (bicyclic) bond motifs is 1. The van der Waals surface area contributed by atoms with Gasteiger partial charge in [0.25, 0.3) is 11.5 Å². The van der Waals surface area contributed by atoms with Crippen LogP contribution in [0.1, 0.15) is 40.0 Å². The maximum Gasteiger partial charge on any atom is 0.261 e. The lowest BCUT2D eigenvalue weighted by Crippen LogP contribution is -2.34. The summed E-state index contributed by atoms with van der Waals surface area (Å²) in [7, 11) is 0. The normalized spacial score (nSPS) is 18.7. The lowest BCUT2D eigenvalue weighted by Gasteiger charge is -2.18. The van der Waals surface area contributed by atoms with Crippen LogP contribution < -0.4 is 10.9 Å².